The van der Waals surface area contributed by atoms with E-state index in [-0.39, 0.29) is 10.8 Å². The quantitative estimate of drug-likeness (QED) is 0.819. The highest BCUT2D eigenvalue weighted by Crippen LogP contribution is 2.25. The second-order valence-electron chi connectivity index (χ2n) is 4.41. The summed E-state index contributed by atoms with van der Waals surface area (Å²) in [6.45, 7) is 3.07. The number of rotatable bonds is 6. The van der Waals surface area contributed by atoms with Gasteiger partial charge in [-0.15, -0.1) is 0 Å². The molecular weight excluding hydrogens is 277 g/mol. The van der Waals surface area contributed by atoms with Crippen LogP contribution < -0.4 is 10.1 Å². The van der Waals surface area contributed by atoms with Gasteiger partial charge in [-0.3, -0.25) is 0 Å². The van der Waals surface area contributed by atoms with Crippen molar-refractivity contribution in [3.05, 3.63) is 58.9 Å². The van der Waals surface area contributed by atoms with Crippen LogP contribution in [0.1, 0.15) is 18.9 Å². The number of hydrogen-bond acceptors (Lipinski definition) is 2. The molecule has 2 aromatic carbocycles. The molecule has 0 saturated carbocycles. The van der Waals surface area contributed by atoms with Crippen LogP contribution in [-0.4, -0.2) is 6.61 Å². The van der Waals surface area contributed by atoms with Gasteiger partial charge in [0, 0.05) is 12.1 Å². The summed E-state index contributed by atoms with van der Waals surface area (Å²) in [4.78, 5) is 0. The van der Waals surface area contributed by atoms with E-state index in [4.69, 9.17) is 16.3 Å². The summed E-state index contributed by atoms with van der Waals surface area (Å²) in [6.07, 6.45) is 0.942. The maximum atomic E-state index is 13.8. The molecule has 0 amide bonds. The van der Waals surface area contributed by atoms with Gasteiger partial charge in [0.1, 0.15) is 11.6 Å². The van der Waals surface area contributed by atoms with Crippen LogP contribution in [0.3, 0.4) is 0 Å². The van der Waals surface area contributed by atoms with Crippen LogP contribution in [0, 0.1) is 5.82 Å². The first-order valence-electron chi connectivity index (χ1n) is 6.61. The third-order valence-electron chi connectivity index (χ3n) is 2.85. The Morgan fingerprint density at radius 3 is 2.75 bits per heavy atom. The number of benzene rings is 2. The molecule has 0 saturated heterocycles. The monoisotopic (exact) mass is 293 g/mol. The molecule has 0 spiro atoms. The van der Waals surface area contributed by atoms with Crippen LogP contribution in [-0.2, 0) is 6.54 Å². The predicted molar refractivity (Wildman–Crippen MR) is 81.0 cm³/mol. The summed E-state index contributed by atoms with van der Waals surface area (Å²) in [6, 6.07) is 12.6. The number of halogens is 2. The summed E-state index contributed by atoms with van der Waals surface area (Å²) >= 11 is 5.77. The average molecular weight is 294 g/mol. The lowest BCUT2D eigenvalue weighted by molar-refractivity contribution is 0.319. The third kappa shape index (κ3) is 3.64. The molecule has 0 radical (unpaired) electrons. The molecule has 0 bridgehead atoms. The summed E-state index contributed by atoms with van der Waals surface area (Å²) in [5, 5.41) is 3.32. The van der Waals surface area contributed by atoms with Crippen LogP contribution in [0.15, 0.2) is 42.5 Å². The van der Waals surface area contributed by atoms with E-state index in [1.807, 2.05) is 24.3 Å². The van der Waals surface area contributed by atoms with Crippen molar-refractivity contribution in [3.8, 4) is 5.75 Å². The minimum absolute atomic E-state index is 0.139. The van der Waals surface area contributed by atoms with E-state index in [1.54, 1.807) is 18.2 Å². The van der Waals surface area contributed by atoms with Gasteiger partial charge in [-0.25, -0.2) is 4.39 Å². The highest BCUT2D eigenvalue weighted by atomic mass is 35.5. The van der Waals surface area contributed by atoms with E-state index in [9.17, 15) is 4.39 Å². The topological polar surface area (TPSA) is 21.3 Å². The molecule has 0 fully saturated rings. The standard InChI is InChI=1S/C16H17ClFNO/c1-2-10-20-15-9-4-3-8-14(15)19-11-12-6-5-7-13(17)16(12)18/h3-9,19H,2,10-11H2,1H3. The van der Waals surface area contributed by atoms with Gasteiger partial charge in [0.2, 0.25) is 0 Å². The normalized spacial score (nSPS) is 10.3. The summed E-state index contributed by atoms with van der Waals surface area (Å²) < 4.78 is 19.5. The molecule has 0 aliphatic carbocycles. The van der Waals surface area contributed by atoms with E-state index in [0.29, 0.717) is 18.7 Å². The van der Waals surface area contributed by atoms with Crippen molar-refractivity contribution >= 4 is 17.3 Å². The van der Waals surface area contributed by atoms with Crippen LogP contribution in [0.2, 0.25) is 5.02 Å². The van der Waals surface area contributed by atoms with Gasteiger partial charge in [-0.2, -0.15) is 0 Å². The zero-order valence-corrected chi connectivity index (χ0v) is 12.1. The van der Waals surface area contributed by atoms with Crippen molar-refractivity contribution in [2.75, 3.05) is 11.9 Å². The lowest BCUT2D eigenvalue weighted by Gasteiger charge is -2.13. The average Bonchev–Trinajstić information content (AvgIpc) is 2.47. The predicted octanol–water partition coefficient (Wildman–Crippen LogP) is 4.88. The van der Waals surface area contributed by atoms with Crippen molar-refractivity contribution in [1.82, 2.24) is 0 Å². The van der Waals surface area contributed by atoms with Crippen molar-refractivity contribution in [1.29, 1.82) is 0 Å². The molecule has 0 unspecified atom stereocenters. The van der Waals surface area contributed by atoms with E-state index in [1.165, 1.54) is 0 Å². The van der Waals surface area contributed by atoms with E-state index in [0.717, 1.165) is 17.9 Å². The van der Waals surface area contributed by atoms with Crippen LogP contribution >= 0.6 is 11.6 Å². The van der Waals surface area contributed by atoms with Gasteiger partial charge in [-0.1, -0.05) is 42.8 Å². The maximum absolute atomic E-state index is 13.8. The van der Waals surface area contributed by atoms with Gasteiger partial charge in [-0.05, 0) is 24.6 Å². The Balaban J connectivity index is 2.09. The van der Waals surface area contributed by atoms with Crippen molar-refractivity contribution in [2.24, 2.45) is 0 Å². The Kier molecular flexibility index (Phi) is 5.24. The number of ether oxygens (including phenoxy) is 1. The van der Waals surface area contributed by atoms with Gasteiger partial charge in [0.05, 0.1) is 17.3 Å². The second-order valence-corrected chi connectivity index (χ2v) is 4.82. The molecule has 0 atom stereocenters. The summed E-state index contributed by atoms with van der Waals surface area (Å²) in [7, 11) is 0. The van der Waals surface area contributed by atoms with Gasteiger partial charge >= 0.3 is 0 Å². The highest BCUT2D eigenvalue weighted by Gasteiger charge is 2.07. The third-order valence-corrected chi connectivity index (χ3v) is 3.14. The number of nitrogens with one attached hydrogen (secondary N) is 1. The molecular formula is C16H17ClFNO. The number of hydrogen-bond donors (Lipinski definition) is 1. The molecule has 106 valence electrons. The number of para-hydroxylation sites is 2. The van der Waals surface area contributed by atoms with Crippen molar-refractivity contribution in [2.45, 2.75) is 19.9 Å². The van der Waals surface area contributed by atoms with Crippen LogP contribution in [0.4, 0.5) is 10.1 Å². The first-order valence-corrected chi connectivity index (χ1v) is 6.98. The molecule has 2 nitrogen and oxygen atoms in total. The van der Waals surface area contributed by atoms with Crippen molar-refractivity contribution < 1.29 is 9.13 Å². The zero-order valence-electron chi connectivity index (χ0n) is 11.3. The molecule has 20 heavy (non-hydrogen) atoms. The fourth-order valence-electron chi connectivity index (χ4n) is 1.83. The first-order chi connectivity index (χ1) is 9.72. The van der Waals surface area contributed by atoms with Gasteiger partial charge < -0.3 is 10.1 Å². The molecule has 4 heteroatoms. The molecule has 0 aliphatic rings. The molecule has 2 aromatic rings. The van der Waals surface area contributed by atoms with Crippen LogP contribution in [0.5, 0.6) is 5.75 Å². The fourth-order valence-corrected chi connectivity index (χ4v) is 2.02. The van der Waals surface area contributed by atoms with E-state index < -0.39 is 0 Å². The zero-order chi connectivity index (χ0) is 14.4. The summed E-state index contributed by atoms with van der Waals surface area (Å²) in [5.41, 5.74) is 1.38. The Hall–Kier alpha value is -1.74. The van der Waals surface area contributed by atoms with Gasteiger partial charge in [0.15, 0.2) is 0 Å². The second kappa shape index (κ2) is 7.15. The molecule has 0 aromatic heterocycles. The largest absolute Gasteiger partial charge is 0.491 e. The fraction of sp³-hybridized carbons (Fsp3) is 0.250. The smallest absolute Gasteiger partial charge is 0.146 e. The molecule has 0 heterocycles. The Morgan fingerprint density at radius 1 is 1.15 bits per heavy atom. The Labute approximate surface area is 123 Å². The SMILES string of the molecule is CCCOc1ccccc1NCc1cccc(Cl)c1F. The summed E-state index contributed by atoms with van der Waals surface area (Å²) in [5.74, 6) is 0.394. The maximum Gasteiger partial charge on any atom is 0.146 e. The lowest BCUT2D eigenvalue weighted by Crippen LogP contribution is -2.05. The van der Waals surface area contributed by atoms with Crippen molar-refractivity contribution in [3.63, 3.8) is 0 Å². The van der Waals surface area contributed by atoms with E-state index in [2.05, 4.69) is 12.2 Å². The lowest BCUT2D eigenvalue weighted by atomic mass is 10.2. The first kappa shape index (κ1) is 14.7. The Bertz CT molecular complexity index is 574. The molecule has 1 N–H and O–H groups in total. The highest BCUT2D eigenvalue weighted by molar-refractivity contribution is 6.30. The van der Waals surface area contributed by atoms with Crippen LogP contribution in [0.25, 0.3) is 0 Å². The molecule has 0 aliphatic heterocycles. The minimum Gasteiger partial charge on any atom is -0.491 e. The Morgan fingerprint density at radius 2 is 1.95 bits per heavy atom. The van der Waals surface area contributed by atoms with Gasteiger partial charge in [0.25, 0.3) is 0 Å². The molecule has 2 rings (SSSR count). The minimum atomic E-state index is -0.381. The number of anilines is 1. The van der Waals surface area contributed by atoms with E-state index >= 15 is 0 Å².